The minimum Gasteiger partial charge on any atom is -0.360 e. The average Bonchev–Trinajstić information content (AvgIpc) is 3.46. The second kappa shape index (κ2) is 7.39. The van der Waals surface area contributed by atoms with Gasteiger partial charge in [0, 0.05) is 23.8 Å². The van der Waals surface area contributed by atoms with Crippen molar-refractivity contribution in [3.63, 3.8) is 0 Å². The lowest BCUT2D eigenvalue weighted by Crippen LogP contribution is -2.37. The van der Waals surface area contributed by atoms with Gasteiger partial charge in [-0.1, -0.05) is 18.2 Å². The number of carbonyl (C=O) groups is 2. The van der Waals surface area contributed by atoms with Crippen LogP contribution in [0.25, 0.3) is 0 Å². The summed E-state index contributed by atoms with van der Waals surface area (Å²) in [5, 5.41) is 5.75. The fourth-order valence-corrected chi connectivity index (χ4v) is 3.45. The van der Waals surface area contributed by atoms with E-state index in [9.17, 15) is 14.0 Å². The van der Waals surface area contributed by atoms with Crippen LogP contribution in [0.4, 0.5) is 15.8 Å². The standard InChI is InChI=1S/C21H22FN3O2/c22-18-8-2-4-14-6-3-11-25(20(14)18)13-19(26)23-17-7-1-5-15(12-17)21(27)24-16-9-10-16/h1-2,4-5,7-8,12,16H,3,6,9-11,13H2,(H,23,26)(H,24,27). The van der Waals surface area contributed by atoms with E-state index in [4.69, 9.17) is 0 Å². The summed E-state index contributed by atoms with van der Waals surface area (Å²) in [6.45, 7) is 0.720. The highest BCUT2D eigenvalue weighted by atomic mass is 19.1. The monoisotopic (exact) mass is 367 g/mol. The fourth-order valence-electron chi connectivity index (χ4n) is 3.45. The largest absolute Gasteiger partial charge is 0.360 e. The lowest BCUT2D eigenvalue weighted by molar-refractivity contribution is -0.115. The van der Waals surface area contributed by atoms with Crippen LogP contribution >= 0.6 is 0 Å². The van der Waals surface area contributed by atoms with Crippen molar-refractivity contribution >= 4 is 23.2 Å². The summed E-state index contributed by atoms with van der Waals surface area (Å²) in [4.78, 5) is 26.4. The predicted molar refractivity (Wildman–Crippen MR) is 102 cm³/mol. The van der Waals surface area contributed by atoms with Crippen molar-refractivity contribution in [3.05, 3.63) is 59.4 Å². The number of nitrogens with zero attached hydrogens (tertiary/aromatic N) is 1. The summed E-state index contributed by atoms with van der Waals surface area (Å²) in [7, 11) is 0. The molecule has 0 radical (unpaired) electrons. The van der Waals surface area contributed by atoms with Crippen LogP contribution in [0.2, 0.25) is 0 Å². The lowest BCUT2D eigenvalue weighted by Gasteiger charge is -2.31. The highest BCUT2D eigenvalue weighted by Crippen LogP contribution is 2.29. The minimum absolute atomic E-state index is 0.0758. The van der Waals surface area contributed by atoms with Crippen molar-refractivity contribution in [1.82, 2.24) is 5.32 Å². The van der Waals surface area contributed by atoms with E-state index in [-0.39, 0.29) is 30.2 Å². The number of hydrogen-bond donors (Lipinski definition) is 2. The van der Waals surface area contributed by atoms with Gasteiger partial charge in [-0.2, -0.15) is 0 Å². The number of hydrogen-bond acceptors (Lipinski definition) is 3. The summed E-state index contributed by atoms with van der Waals surface area (Å²) in [6.07, 6.45) is 3.76. The molecule has 0 aromatic heterocycles. The Labute approximate surface area is 157 Å². The van der Waals surface area contributed by atoms with Crippen LogP contribution in [-0.2, 0) is 11.2 Å². The molecule has 0 saturated heterocycles. The third-order valence-corrected chi connectivity index (χ3v) is 4.92. The fraction of sp³-hybridized carbons (Fsp3) is 0.333. The maximum absolute atomic E-state index is 14.2. The Kier molecular flexibility index (Phi) is 4.79. The number of aryl methyl sites for hydroxylation is 1. The summed E-state index contributed by atoms with van der Waals surface area (Å²) in [5.74, 6) is -0.648. The molecule has 1 aliphatic carbocycles. The molecule has 0 spiro atoms. The molecule has 0 unspecified atom stereocenters. The van der Waals surface area contributed by atoms with Gasteiger partial charge in [-0.05, 0) is 55.5 Å². The van der Waals surface area contributed by atoms with Crippen molar-refractivity contribution in [3.8, 4) is 0 Å². The SMILES string of the molecule is O=C(CN1CCCc2cccc(F)c21)Nc1cccc(C(=O)NC2CC2)c1. The molecule has 0 bridgehead atoms. The molecule has 1 fully saturated rings. The number of fused-ring (bicyclic) bond motifs is 1. The van der Waals surface area contributed by atoms with Crippen LogP contribution in [0.3, 0.4) is 0 Å². The second-order valence-electron chi connectivity index (χ2n) is 7.15. The Bertz CT molecular complexity index is 879. The molecule has 1 aliphatic heterocycles. The molecule has 2 aromatic carbocycles. The molecule has 0 atom stereocenters. The zero-order valence-electron chi connectivity index (χ0n) is 15.0. The maximum atomic E-state index is 14.2. The van der Waals surface area contributed by atoms with Crippen LogP contribution in [0.5, 0.6) is 0 Å². The smallest absolute Gasteiger partial charge is 0.251 e. The molecule has 2 amide bonds. The second-order valence-corrected chi connectivity index (χ2v) is 7.15. The van der Waals surface area contributed by atoms with Crippen molar-refractivity contribution in [2.24, 2.45) is 0 Å². The number of halogens is 1. The highest BCUT2D eigenvalue weighted by Gasteiger charge is 2.24. The summed E-state index contributed by atoms with van der Waals surface area (Å²) >= 11 is 0. The molecule has 6 heteroatoms. The van der Waals surface area contributed by atoms with Gasteiger partial charge in [-0.15, -0.1) is 0 Å². The van der Waals surface area contributed by atoms with Gasteiger partial charge >= 0.3 is 0 Å². The van der Waals surface area contributed by atoms with Gasteiger partial charge in [0.25, 0.3) is 5.91 Å². The Morgan fingerprint density at radius 3 is 2.78 bits per heavy atom. The van der Waals surface area contributed by atoms with Crippen LogP contribution in [0.15, 0.2) is 42.5 Å². The summed E-state index contributed by atoms with van der Waals surface area (Å²) in [5.41, 5.74) is 2.55. The Hall–Kier alpha value is -2.89. The van der Waals surface area contributed by atoms with Crippen LogP contribution in [0.1, 0.15) is 35.2 Å². The van der Waals surface area contributed by atoms with Gasteiger partial charge in [-0.3, -0.25) is 9.59 Å². The van der Waals surface area contributed by atoms with Gasteiger partial charge in [0.1, 0.15) is 5.82 Å². The molecule has 5 nitrogen and oxygen atoms in total. The topological polar surface area (TPSA) is 61.4 Å². The van der Waals surface area contributed by atoms with Crippen molar-refractivity contribution in [1.29, 1.82) is 0 Å². The number of amides is 2. The molecule has 27 heavy (non-hydrogen) atoms. The van der Waals surface area contributed by atoms with Crippen molar-refractivity contribution < 1.29 is 14.0 Å². The van der Waals surface area contributed by atoms with Crippen molar-refractivity contribution in [2.45, 2.75) is 31.7 Å². The number of anilines is 2. The Morgan fingerprint density at radius 2 is 1.96 bits per heavy atom. The van der Waals surface area contributed by atoms with E-state index >= 15 is 0 Å². The molecule has 1 saturated carbocycles. The first-order valence-corrected chi connectivity index (χ1v) is 9.33. The summed E-state index contributed by atoms with van der Waals surface area (Å²) < 4.78 is 14.2. The average molecular weight is 367 g/mol. The first kappa shape index (κ1) is 17.5. The molecule has 1 heterocycles. The first-order valence-electron chi connectivity index (χ1n) is 9.33. The Morgan fingerprint density at radius 1 is 1.15 bits per heavy atom. The molecular weight excluding hydrogens is 345 g/mol. The van der Waals surface area contributed by atoms with E-state index < -0.39 is 0 Å². The van der Waals surface area contributed by atoms with Crippen LogP contribution in [-0.4, -0.2) is 30.9 Å². The molecule has 140 valence electrons. The third kappa shape index (κ3) is 4.10. The summed E-state index contributed by atoms with van der Waals surface area (Å²) in [6, 6.07) is 12.2. The van der Waals surface area contributed by atoms with E-state index in [2.05, 4.69) is 10.6 Å². The Balaban J connectivity index is 1.42. The minimum atomic E-state index is -0.293. The lowest BCUT2D eigenvalue weighted by atomic mass is 10.0. The van der Waals surface area contributed by atoms with Crippen molar-refractivity contribution in [2.75, 3.05) is 23.3 Å². The quantitative estimate of drug-likeness (QED) is 0.854. The predicted octanol–water partition coefficient (Wildman–Crippen LogP) is 3.11. The number of benzene rings is 2. The van der Waals surface area contributed by atoms with E-state index in [0.717, 1.165) is 31.2 Å². The van der Waals surface area contributed by atoms with Gasteiger partial charge in [-0.25, -0.2) is 4.39 Å². The van der Waals surface area contributed by atoms with Gasteiger partial charge in [0.05, 0.1) is 12.2 Å². The zero-order valence-corrected chi connectivity index (χ0v) is 15.0. The van der Waals surface area contributed by atoms with E-state index in [1.54, 1.807) is 35.2 Å². The normalized spacial score (nSPS) is 15.8. The van der Waals surface area contributed by atoms with E-state index in [0.29, 0.717) is 23.5 Å². The van der Waals surface area contributed by atoms with E-state index in [1.807, 2.05) is 6.07 Å². The molecule has 2 N–H and O–H groups in total. The molecule has 2 aromatic rings. The van der Waals surface area contributed by atoms with Gasteiger partial charge < -0.3 is 15.5 Å². The van der Waals surface area contributed by atoms with Gasteiger partial charge in [0.2, 0.25) is 5.91 Å². The molecule has 2 aliphatic rings. The molecule has 4 rings (SSSR count). The third-order valence-electron chi connectivity index (χ3n) is 4.92. The zero-order chi connectivity index (χ0) is 18.8. The van der Waals surface area contributed by atoms with Crippen LogP contribution in [0, 0.1) is 5.82 Å². The van der Waals surface area contributed by atoms with E-state index in [1.165, 1.54) is 6.07 Å². The van der Waals surface area contributed by atoms with Crippen LogP contribution < -0.4 is 15.5 Å². The highest BCUT2D eigenvalue weighted by molar-refractivity contribution is 5.98. The number of rotatable bonds is 5. The molecular formula is C21H22FN3O2. The maximum Gasteiger partial charge on any atom is 0.251 e. The first-order chi connectivity index (χ1) is 13.1. The number of nitrogens with one attached hydrogen (secondary N) is 2. The number of para-hydroxylation sites is 1. The number of carbonyl (C=O) groups excluding carboxylic acids is 2. The van der Waals surface area contributed by atoms with Gasteiger partial charge in [0.15, 0.2) is 0 Å².